The van der Waals surface area contributed by atoms with Crippen LogP contribution in [-0.2, 0) is 6.42 Å². The van der Waals surface area contributed by atoms with Crippen molar-refractivity contribution in [3.05, 3.63) is 34.3 Å². The molecule has 1 aromatic carbocycles. The molecule has 3 N–H and O–H groups in total. The Hall–Kier alpha value is -1.40. The molecule has 0 saturated heterocycles. The minimum Gasteiger partial charge on any atom is -0.374 e. The number of benzene rings is 1. The lowest BCUT2D eigenvalue weighted by Crippen LogP contribution is -2.22. The van der Waals surface area contributed by atoms with Crippen LogP contribution in [0.15, 0.2) is 28.7 Å². The summed E-state index contributed by atoms with van der Waals surface area (Å²) in [5.41, 5.74) is 8.89. The van der Waals surface area contributed by atoms with E-state index in [2.05, 4.69) is 26.3 Å². The predicted molar refractivity (Wildman–Crippen MR) is 79.7 cm³/mol. The van der Waals surface area contributed by atoms with Crippen molar-refractivity contribution in [3.63, 3.8) is 0 Å². The molecule has 0 saturated carbocycles. The molecule has 0 atom stereocenters. The summed E-state index contributed by atoms with van der Waals surface area (Å²) < 4.78 is 2.64. The van der Waals surface area contributed by atoms with Gasteiger partial charge in [0.2, 0.25) is 0 Å². The Morgan fingerprint density at radius 1 is 1.50 bits per heavy atom. The number of nitrogens with zero attached hydrogens (tertiary/aromatic N) is 2. The van der Waals surface area contributed by atoms with E-state index in [4.69, 9.17) is 18.0 Å². The number of thiocarbonyl (C=S) groups is 1. The fourth-order valence-corrected chi connectivity index (χ4v) is 2.73. The van der Waals surface area contributed by atoms with Crippen LogP contribution in [0.3, 0.4) is 0 Å². The maximum Gasteiger partial charge on any atom is 0.193 e. The first-order chi connectivity index (χ1) is 8.66. The lowest BCUT2D eigenvalue weighted by atomic mass is 10.1. The van der Waals surface area contributed by atoms with E-state index in [9.17, 15) is 0 Å². The van der Waals surface area contributed by atoms with Gasteiger partial charge in [-0.1, -0.05) is 28.1 Å². The van der Waals surface area contributed by atoms with Crippen molar-refractivity contribution in [1.82, 2.24) is 9.78 Å². The molecule has 92 valence electrons. The van der Waals surface area contributed by atoms with Crippen molar-refractivity contribution in [3.8, 4) is 11.3 Å². The summed E-state index contributed by atoms with van der Waals surface area (Å²) in [7, 11) is 0. The third-order valence-electron chi connectivity index (χ3n) is 2.96. The molecule has 0 spiro atoms. The summed E-state index contributed by atoms with van der Waals surface area (Å²) >= 11 is 8.50. The average Bonchev–Trinajstić information content (AvgIpc) is 2.88. The predicted octanol–water partition coefficient (Wildman–Crippen LogP) is 2.37. The lowest BCUT2D eigenvalue weighted by molar-refractivity contribution is 0.935. The van der Waals surface area contributed by atoms with Gasteiger partial charge in [-0.15, -0.1) is 0 Å². The van der Waals surface area contributed by atoms with E-state index in [1.54, 1.807) is 4.68 Å². The highest BCUT2D eigenvalue weighted by atomic mass is 79.9. The van der Waals surface area contributed by atoms with Crippen LogP contribution in [0.25, 0.3) is 11.3 Å². The van der Waals surface area contributed by atoms with E-state index in [0.29, 0.717) is 0 Å². The van der Waals surface area contributed by atoms with Crippen LogP contribution in [0.5, 0.6) is 0 Å². The van der Waals surface area contributed by atoms with E-state index in [1.807, 2.05) is 24.3 Å². The lowest BCUT2D eigenvalue weighted by Gasteiger charge is -2.02. The Balaban J connectivity index is 2.19. The Labute approximate surface area is 118 Å². The summed E-state index contributed by atoms with van der Waals surface area (Å²) in [4.78, 5) is 0. The number of rotatable bonds is 1. The zero-order chi connectivity index (χ0) is 12.7. The van der Waals surface area contributed by atoms with Gasteiger partial charge in [-0.2, -0.15) is 9.78 Å². The maximum atomic E-state index is 5.69. The van der Waals surface area contributed by atoms with Crippen molar-refractivity contribution in [2.45, 2.75) is 6.42 Å². The molecule has 0 amide bonds. The Morgan fingerprint density at radius 2 is 2.33 bits per heavy atom. The number of halogens is 1. The van der Waals surface area contributed by atoms with Gasteiger partial charge in [0.25, 0.3) is 0 Å². The molecule has 2 heterocycles. The van der Waals surface area contributed by atoms with Crippen LogP contribution in [-0.4, -0.2) is 21.4 Å². The van der Waals surface area contributed by atoms with Crippen molar-refractivity contribution < 1.29 is 0 Å². The second-order valence-electron chi connectivity index (χ2n) is 4.11. The van der Waals surface area contributed by atoms with Crippen LogP contribution in [0.2, 0.25) is 0 Å². The van der Waals surface area contributed by atoms with E-state index < -0.39 is 0 Å². The Bertz CT molecular complexity index is 635. The molecule has 0 radical (unpaired) electrons. The SMILES string of the molecule is NC(=S)n1nc(-c2cccc(Br)c2)c2c1NCC2. The van der Waals surface area contributed by atoms with Crippen LogP contribution >= 0.6 is 28.1 Å². The molecular weight excluding hydrogens is 312 g/mol. The van der Waals surface area contributed by atoms with Gasteiger partial charge in [0.05, 0.1) is 5.69 Å². The van der Waals surface area contributed by atoms with Gasteiger partial charge in [0.15, 0.2) is 5.11 Å². The van der Waals surface area contributed by atoms with Crippen molar-refractivity contribution in [2.75, 3.05) is 11.9 Å². The highest BCUT2D eigenvalue weighted by Crippen LogP contribution is 2.33. The molecule has 1 aliphatic rings. The van der Waals surface area contributed by atoms with Gasteiger partial charge in [-0.05, 0) is 30.8 Å². The third kappa shape index (κ3) is 1.81. The van der Waals surface area contributed by atoms with Crippen LogP contribution < -0.4 is 11.1 Å². The monoisotopic (exact) mass is 322 g/mol. The number of aromatic nitrogens is 2. The quantitative estimate of drug-likeness (QED) is 0.791. The van der Waals surface area contributed by atoms with Gasteiger partial charge >= 0.3 is 0 Å². The van der Waals surface area contributed by atoms with E-state index >= 15 is 0 Å². The molecule has 2 aromatic rings. The van der Waals surface area contributed by atoms with Gasteiger partial charge < -0.3 is 11.1 Å². The number of anilines is 1. The molecule has 0 fully saturated rings. The summed E-state index contributed by atoms with van der Waals surface area (Å²) in [6, 6.07) is 8.07. The molecule has 1 aliphatic heterocycles. The van der Waals surface area contributed by atoms with Crippen molar-refractivity contribution in [2.24, 2.45) is 5.73 Å². The molecule has 3 rings (SSSR count). The van der Waals surface area contributed by atoms with E-state index in [0.717, 1.165) is 34.5 Å². The second kappa shape index (κ2) is 4.37. The van der Waals surface area contributed by atoms with E-state index in [-0.39, 0.29) is 5.11 Å². The molecule has 18 heavy (non-hydrogen) atoms. The van der Waals surface area contributed by atoms with Crippen LogP contribution in [0.4, 0.5) is 5.82 Å². The summed E-state index contributed by atoms with van der Waals surface area (Å²) in [5.74, 6) is 0.928. The zero-order valence-electron chi connectivity index (χ0n) is 9.48. The molecule has 6 heteroatoms. The fraction of sp³-hybridized carbons (Fsp3) is 0.167. The third-order valence-corrected chi connectivity index (χ3v) is 3.62. The van der Waals surface area contributed by atoms with Crippen molar-refractivity contribution in [1.29, 1.82) is 0 Å². The largest absolute Gasteiger partial charge is 0.374 e. The number of fused-ring (bicyclic) bond motifs is 1. The molecular formula is C12H11BrN4S. The second-order valence-corrected chi connectivity index (χ2v) is 5.45. The summed E-state index contributed by atoms with van der Waals surface area (Å²) in [5, 5.41) is 8.05. The van der Waals surface area contributed by atoms with Crippen molar-refractivity contribution >= 4 is 39.1 Å². The highest BCUT2D eigenvalue weighted by molar-refractivity contribution is 9.10. The average molecular weight is 323 g/mol. The first kappa shape index (κ1) is 11.7. The number of nitrogens with one attached hydrogen (secondary N) is 1. The Morgan fingerprint density at radius 3 is 3.06 bits per heavy atom. The molecule has 4 nitrogen and oxygen atoms in total. The Kier molecular flexibility index (Phi) is 2.83. The normalized spacial score (nSPS) is 13.2. The minimum atomic E-state index is 0.266. The number of hydrogen-bond acceptors (Lipinski definition) is 3. The molecule has 1 aromatic heterocycles. The standard InChI is InChI=1S/C12H11BrN4S/c13-8-3-1-2-7(6-8)10-9-4-5-15-11(9)17(16-10)12(14)18/h1-3,6,15H,4-5H2,(H2,14,18). The molecule has 0 aliphatic carbocycles. The van der Waals surface area contributed by atoms with E-state index in [1.165, 1.54) is 5.56 Å². The smallest absolute Gasteiger partial charge is 0.193 e. The van der Waals surface area contributed by atoms with Crippen LogP contribution in [0.1, 0.15) is 5.56 Å². The summed E-state index contributed by atoms with van der Waals surface area (Å²) in [6.45, 7) is 0.900. The maximum absolute atomic E-state index is 5.69. The van der Waals surface area contributed by atoms with Gasteiger partial charge in [-0.3, -0.25) is 0 Å². The first-order valence-corrected chi connectivity index (χ1v) is 6.78. The number of nitrogens with two attached hydrogens (primary N) is 1. The fourth-order valence-electron chi connectivity index (χ4n) is 2.20. The number of hydrogen-bond donors (Lipinski definition) is 2. The van der Waals surface area contributed by atoms with Gasteiger partial charge in [0, 0.05) is 22.1 Å². The van der Waals surface area contributed by atoms with Crippen LogP contribution in [0, 0.1) is 0 Å². The highest BCUT2D eigenvalue weighted by Gasteiger charge is 2.24. The topological polar surface area (TPSA) is 55.9 Å². The summed E-state index contributed by atoms with van der Waals surface area (Å²) in [6.07, 6.45) is 0.944. The van der Waals surface area contributed by atoms with Gasteiger partial charge in [0.1, 0.15) is 5.82 Å². The van der Waals surface area contributed by atoms with Gasteiger partial charge in [-0.25, -0.2) is 0 Å². The molecule has 0 unspecified atom stereocenters. The molecule has 0 bridgehead atoms. The zero-order valence-corrected chi connectivity index (χ0v) is 11.9. The first-order valence-electron chi connectivity index (χ1n) is 5.58. The minimum absolute atomic E-state index is 0.266.